The number of carbonyl (C=O) groups excluding carboxylic acids is 1. The van der Waals surface area contributed by atoms with E-state index in [-0.39, 0.29) is 17.9 Å². The molecule has 1 unspecified atom stereocenters. The molecule has 11 nitrogen and oxygen atoms in total. The zero-order valence-corrected chi connectivity index (χ0v) is 20.3. The standard InChI is InChI=1S/C25H33N7O4/c1-2-3-4-21(32-9-11-36-12-10-32)19(14-26)31-24(33)22-23(28)29-15-20(30-22)17-7-5-16(6-8-17)13-18(27)25(34)35/h4-8,14-15,18H,2-3,9-13,26-27H2,1H3,(H2,28,29)(H,31,33)(H,34,35)/b19-14+,21-4+. The van der Waals surface area contributed by atoms with Gasteiger partial charge in [-0.15, -0.1) is 0 Å². The van der Waals surface area contributed by atoms with Gasteiger partial charge in [0, 0.05) is 24.9 Å². The number of benzene rings is 1. The third-order valence-corrected chi connectivity index (χ3v) is 5.71. The van der Waals surface area contributed by atoms with Crippen LogP contribution in [-0.4, -0.2) is 64.2 Å². The van der Waals surface area contributed by atoms with Crippen LogP contribution in [0.1, 0.15) is 35.8 Å². The first kappa shape index (κ1) is 26.6. The van der Waals surface area contributed by atoms with Gasteiger partial charge in [-0.3, -0.25) is 9.59 Å². The summed E-state index contributed by atoms with van der Waals surface area (Å²) >= 11 is 0. The van der Waals surface area contributed by atoms with Gasteiger partial charge in [-0.05, 0) is 18.4 Å². The number of nitrogen functional groups attached to an aromatic ring is 1. The van der Waals surface area contributed by atoms with E-state index in [1.54, 1.807) is 24.3 Å². The van der Waals surface area contributed by atoms with Crippen LogP contribution in [0.5, 0.6) is 0 Å². The third-order valence-electron chi connectivity index (χ3n) is 5.71. The number of nitrogens with zero attached hydrogens (tertiary/aromatic N) is 3. The summed E-state index contributed by atoms with van der Waals surface area (Å²) in [5, 5.41) is 11.8. The number of hydrogen-bond donors (Lipinski definition) is 5. The molecule has 8 N–H and O–H groups in total. The van der Waals surface area contributed by atoms with Crippen LogP contribution in [0.4, 0.5) is 5.82 Å². The molecule has 2 aromatic rings. The Morgan fingerprint density at radius 3 is 2.56 bits per heavy atom. The van der Waals surface area contributed by atoms with E-state index in [0.29, 0.717) is 43.3 Å². The van der Waals surface area contributed by atoms with Crippen LogP contribution in [0.2, 0.25) is 0 Å². The van der Waals surface area contributed by atoms with Gasteiger partial charge in [0.2, 0.25) is 0 Å². The van der Waals surface area contributed by atoms with E-state index in [1.807, 2.05) is 6.08 Å². The average molecular weight is 496 g/mol. The maximum absolute atomic E-state index is 13.2. The van der Waals surface area contributed by atoms with Gasteiger partial charge >= 0.3 is 5.97 Å². The number of allylic oxidation sites excluding steroid dienone is 1. The van der Waals surface area contributed by atoms with Gasteiger partial charge in [0.25, 0.3) is 5.91 Å². The molecule has 3 rings (SSSR count). The number of aliphatic carboxylic acids is 1. The van der Waals surface area contributed by atoms with Crippen molar-refractivity contribution in [2.24, 2.45) is 11.5 Å². The Hall–Kier alpha value is -3.96. The first-order valence-electron chi connectivity index (χ1n) is 11.8. The molecule has 36 heavy (non-hydrogen) atoms. The SMILES string of the molecule is CCC/C=C(\C(=C/N)NC(=O)c1nc(-c2ccc(CC(N)C(=O)O)cc2)cnc1N)N1CCOCC1. The normalized spacial score (nSPS) is 15.4. The number of amides is 1. The summed E-state index contributed by atoms with van der Waals surface area (Å²) in [6.07, 6.45) is 6.86. The number of rotatable bonds is 10. The Bertz CT molecular complexity index is 1130. The highest BCUT2D eigenvalue weighted by Gasteiger charge is 2.21. The minimum atomic E-state index is -1.06. The van der Waals surface area contributed by atoms with E-state index in [1.165, 1.54) is 12.4 Å². The molecule has 0 radical (unpaired) electrons. The Morgan fingerprint density at radius 2 is 1.94 bits per heavy atom. The minimum absolute atomic E-state index is 0.0119. The fraction of sp³-hybridized carbons (Fsp3) is 0.360. The number of anilines is 1. The van der Waals surface area contributed by atoms with Crippen molar-refractivity contribution < 1.29 is 19.4 Å². The number of carbonyl (C=O) groups is 2. The summed E-state index contributed by atoms with van der Waals surface area (Å²) in [5.41, 5.74) is 20.7. The number of carboxylic acid groups (broad SMARTS) is 1. The molecule has 2 heterocycles. The lowest BCUT2D eigenvalue weighted by molar-refractivity contribution is -0.138. The molecule has 11 heteroatoms. The van der Waals surface area contributed by atoms with Crippen molar-refractivity contribution in [3.8, 4) is 11.3 Å². The molecule has 1 aromatic carbocycles. The van der Waals surface area contributed by atoms with Crippen LogP contribution in [0, 0.1) is 0 Å². The predicted octanol–water partition coefficient (Wildman–Crippen LogP) is 1.23. The van der Waals surface area contributed by atoms with Crippen molar-refractivity contribution in [2.75, 3.05) is 32.0 Å². The van der Waals surface area contributed by atoms with Crippen molar-refractivity contribution >= 4 is 17.7 Å². The monoisotopic (exact) mass is 495 g/mol. The highest BCUT2D eigenvalue weighted by molar-refractivity contribution is 5.98. The van der Waals surface area contributed by atoms with E-state index in [0.717, 1.165) is 24.1 Å². The zero-order valence-electron chi connectivity index (χ0n) is 20.3. The van der Waals surface area contributed by atoms with Crippen LogP contribution in [0.15, 0.2) is 54.1 Å². The lowest BCUT2D eigenvalue weighted by atomic mass is 10.0. The largest absolute Gasteiger partial charge is 0.480 e. The number of morpholine rings is 1. The van der Waals surface area contributed by atoms with Gasteiger partial charge in [-0.25, -0.2) is 9.97 Å². The van der Waals surface area contributed by atoms with Crippen molar-refractivity contribution in [3.63, 3.8) is 0 Å². The van der Waals surface area contributed by atoms with Gasteiger partial charge in [0.15, 0.2) is 11.5 Å². The number of carboxylic acids is 1. The van der Waals surface area contributed by atoms with Crippen LogP contribution in [0.3, 0.4) is 0 Å². The second-order valence-electron chi connectivity index (χ2n) is 8.35. The molecule has 192 valence electrons. The molecule has 1 aromatic heterocycles. The number of unbranched alkanes of at least 4 members (excludes halogenated alkanes) is 1. The molecule has 1 amide bonds. The number of aromatic nitrogens is 2. The predicted molar refractivity (Wildman–Crippen MR) is 136 cm³/mol. The summed E-state index contributed by atoms with van der Waals surface area (Å²) in [6, 6.07) is 6.07. The van der Waals surface area contributed by atoms with Crippen LogP contribution in [-0.2, 0) is 16.0 Å². The minimum Gasteiger partial charge on any atom is -0.480 e. The van der Waals surface area contributed by atoms with Gasteiger partial charge in [0.1, 0.15) is 6.04 Å². The van der Waals surface area contributed by atoms with E-state index < -0.39 is 17.9 Å². The van der Waals surface area contributed by atoms with Crippen molar-refractivity contribution in [1.82, 2.24) is 20.2 Å². The van der Waals surface area contributed by atoms with E-state index in [9.17, 15) is 9.59 Å². The van der Waals surface area contributed by atoms with Gasteiger partial charge in [0.05, 0.1) is 36.5 Å². The lowest BCUT2D eigenvalue weighted by Crippen LogP contribution is -2.39. The number of hydrogen-bond acceptors (Lipinski definition) is 9. The number of ether oxygens (including phenoxy) is 1. The second-order valence-corrected chi connectivity index (χ2v) is 8.35. The summed E-state index contributed by atoms with van der Waals surface area (Å²) in [7, 11) is 0. The molecular weight excluding hydrogens is 462 g/mol. The first-order valence-corrected chi connectivity index (χ1v) is 11.8. The van der Waals surface area contributed by atoms with E-state index in [2.05, 4.69) is 27.1 Å². The molecule has 1 aliphatic heterocycles. The number of nitrogens with one attached hydrogen (secondary N) is 1. The van der Waals surface area contributed by atoms with Gasteiger partial charge in [-0.2, -0.15) is 0 Å². The second kappa shape index (κ2) is 12.7. The van der Waals surface area contributed by atoms with Gasteiger partial charge < -0.3 is 37.3 Å². The molecule has 0 bridgehead atoms. The molecule has 0 saturated carbocycles. The summed E-state index contributed by atoms with van der Waals surface area (Å²) in [6.45, 7) is 4.64. The highest BCUT2D eigenvalue weighted by atomic mass is 16.5. The Balaban J connectivity index is 1.81. The quantitative estimate of drug-likeness (QED) is 0.300. The Morgan fingerprint density at radius 1 is 1.25 bits per heavy atom. The molecule has 1 fully saturated rings. The summed E-state index contributed by atoms with van der Waals surface area (Å²) < 4.78 is 5.45. The third kappa shape index (κ3) is 6.80. The number of nitrogens with two attached hydrogens (primary N) is 3. The van der Waals surface area contributed by atoms with Crippen LogP contribution >= 0.6 is 0 Å². The Labute approximate surface area is 210 Å². The first-order chi connectivity index (χ1) is 17.3. The molecule has 1 saturated heterocycles. The van der Waals surface area contributed by atoms with Crippen LogP contribution < -0.4 is 22.5 Å². The van der Waals surface area contributed by atoms with Crippen molar-refractivity contribution in [1.29, 1.82) is 0 Å². The summed E-state index contributed by atoms with van der Waals surface area (Å²) in [5.74, 6) is -1.60. The van der Waals surface area contributed by atoms with Crippen LogP contribution in [0.25, 0.3) is 11.3 Å². The van der Waals surface area contributed by atoms with E-state index in [4.69, 9.17) is 27.0 Å². The average Bonchev–Trinajstić information content (AvgIpc) is 2.89. The fourth-order valence-electron chi connectivity index (χ4n) is 3.72. The maximum atomic E-state index is 13.2. The molecular formula is C25H33N7O4. The molecule has 1 atom stereocenters. The highest BCUT2D eigenvalue weighted by Crippen LogP contribution is 2.21. The molecule has 0 aliphatic carbocycles. The van der Waals surface area contributed by atoms with Crippen molar-refractivity contribution in [2.45, 2.75) is 32.2 Å². The molecule has 0 spiro atoms. The topological polar surface area (TPSA) is 183 Å². The zero-order chi connectivity index (χ0) is 26.1. The van der Waals surface area contributed by atoms with Gasteiger partial charge in [-0.1, -0.05) is 43.7 Å². The van der Waals surface area contributed by atoms with Crippen molar-refractivity contribution in [3.05, 3.63) is 65.4 Å². The summed E-state index contributed by atoms with van der Waals surface area (Å²) in [4.78, 5) is 34.9. The molecule has 1 aliphatic rings. The fourth-order valence-corrected chi connectivity index (χ4v) is 3.72. The smallest absolute Gasteiger partial charge is 0.320 e. The van der Waals surface area contributed by atoms with E-state index >= 15 is 0 Å². The Kier molecular flexibility index (Phi) is 9.37. The maximum Gasteiger partial charge on any atom is 0.320 e. The lowest BCUT2D eigenvalue weighted by Gasteiger charge is -2.32.